The summed E-state index contributed by atoms with van der Waals surface area (Å²) < 4.78 is 31.1. The van der Waals surface area contributed by atoms with Crippen molar-refractivity contribution in [2.45, 2.75) is 11.3 Å². The molecule has 0 heterocycles. The maximum absolute atomic E-state index is 11.9. The Morgan fingerprint density at radius 2 is 2.18 bits per heavy atom. The van der Waals surface area contributed by atoms with Gasteiger partial charge < -0.3 is 15.6 Å². The zero-order valence-corrected chi connectivity index (χ0v) is 10.3. The number of aliphatic hydroxyl groups excluding tert-OH is 1. The monoisotopic (exact) mass is 260 g/mol. The summed E-state index contributed by atoms with van der Waals surface area (Å²) in [6.45, 7) is 0.0906. The highest BCUT2D eigenvalue weighted by molar-refractivity contribution is 7.89. The van der Waals surface area contributed by atoms with Crippen LogP contribution in [0.1, 0.15) is 6.42 Å². The van der Waals surface area contributed by atoms with Gasteiger partial charge in [-0.25, -0.2) is 13.1 Å². The normalized spacial score (nSPS) is 11.4. The number of nitrogens with one attached hydrogen (secondary N) is 1. The van der Waals surface area contributed by atoms with E-state index in [-0.39, 0.29) is 23.8 Å². The standard InChI is InChI=1S/C10H16N2O4S/c1-16-9-4-3-8(11)7-10(9)17(14,15)12-5-2-6-13/h3-4,7,12-13H,2,5-6,11H2,1H3. The molecular formula is C10H16N2O4S. The third-order valence-corrected chi connectivity index (χ3v) is 3.59. The van der Waals surface area contributed by atoms with Gasteiger partial charge in [0, 0.05) is 18.8 Å². The van der Waals surface area contributed by atoms with Crippen LogP contribution in [0.2, 0.25) is 0 Å². The van der Waals surface area contributed by atoms with Gasteiger partial charge in [-0.1, -0.05) is 0 Å². The van der Waals surface area contributed by atoms with Crippen LogP contribution < -0.4 is 15.2 Å². The molecule has 0 bridgehead atoms. The average Bonchev–Trinajstić information content (AvgIpc) is 2.29. The van der Waals surface area contributed by atoms with Crippen molar-refractivity contribution < 1.29 is 18.3 Å². The summed E-state index contributed by atoms with van der Waals surface area (Å²) in [6, 6.07) is 4.39. The summed E-state index contributed by atoms with van der Waals surface area (Å²) in [5, 5.41) is 8.60. The second kappa shape index (κ2) is 5.85. The molecule has 0 saturated carbocycles. The highest BCUT2D eigenvalue weighted by Gasteiger charge is 2.19. The van der Waals surface area contributed by atoms with Crippen molar-refractivity contribution in [3.8, 4) is 5.75 Å². The largest absolute Gasteiger partial charge is 0.495 e. The van der Waals surface area contributed by atoms with Gasteiger partial charge in [0.05, 0.1) is 7.11 Å². The first kappa shape index (κ1) is 13.8. The molecule has 0 aliphatic carbocycles. The van der Waals surface area contributed by atoms with Crippen molar-refractivity contribution in [3.63, 3.8) is 0 Å². The van der Waals surface area contributed by atoms with E-state index in [1.165, 1.54) is 19.2 Å². The van der Waals surface area contributed by atoms with Gasteiger partial charge in [-0.05, 0) is 24.6 Å². The molecule has 0 atom stereocenters. The minimum Gasteiger partial charge on any atom is -0.495 e. The van der Waals surface area contributed by atoms with E-state index in [0.29, 0.717) is 12.1 Å². The topological polar surface area (TPSA) is 102 Å². The molecule has 6 nitrogen and oxygen atoms in total. The van der Waals surface area contributed by atoms with Gasteiger partial charge in [0.25, 0.3) is 0 Å². The van der Waals surface area contributed by atoms with E-state index in [1.54, 1.807) is 6.07 Å². The van der Waals surface area contributed by atoms with Crippen LogP contribution >= 0.6 is 0 Å². The van der Waals surface area contributed by atoms with E-state index < -0.39 is 10.0 Å². The highest BCUT2D eigenvalue weighted by atomic mass is 32.2. The quantitative estimate of drug-likeness (QED) is 0.491. The average molecular weight is 260 g/mol. The molecule has 0 radical (unpaired) electrons. The van der Waals surface area contributed by atoms with Crippen LogP contribution in [0.3, 0.4) is 0 Å². The lowest BCUT2D eigenvalue weighted by Crippen LogP contribution is -2.25. The molecule has 0 aliphatic rings. The Bertz CT molecular complexity index is 473. The number of hydrogen-bond acceptors (Lipinski definition) is 5. The minimum atomic E-state index is -3.66. The Labute approximate surface area is 100 Å². The lowest BCUT2D eigenvalue weighted by molar-refractivity contribution is 0.289. The van der Waals surface area contributed by atoms with Crippen molar-refractivity contribution in [1.29, 1.82) is 0 Å². The van der Waals surface area contributed by atoms with E-state index >= 15 is 0 Å². The van der Waals surface area contributed by atoms with Gasteiger partial charge in [0.2, 0.25) is 10.0 Å². The minimum absolute atomic E-state index is 0.00191. The number of benzene rings is 1. The lowest BCUT2D eigenvalue weighted by Gasteiger charge is -2.10. The molecule has 7 heteroatoms. The Balaban J connectivity index is 3.00. The van der Waals surface area contributed by atoms with Crippen LogP contribution in [0.5, 0.6) is 5.75 Å². The molecule has 1 aromatic carbocycles. The van der Waals surface area contributed by atoms with E-state index in [1.807, 2.05) is 0 Å². The third kappa shape index (κ3) is 3.58. The molecule has 1 rings (SSSR count). The smallest absolute Gasteiger partial charge is 0.244 e. The third-order valence-electron chi connectivity index (χ3n) is 2.10. The van der Waals surface area contributed by atoms with Crippen LogP contribution in [-0.2, 0) is 10.0 Å². The summed E-state index contributed by atoms with van der Waals surface area (Å²) in [7, 11) is -2.28. The zero-order valence-electron chi connectivity index (χ0n) is 9.51. The van der Waals surface area contributed by atoms with Gasteiger partial charge in [0.15, 0.2) is 0 Å². The first-order valence-corrected chi connectivity index (χ1v) is 6.53. The van der Waals surface area contributed by atoms with Crippen LogP contribution in [-0.4, -0.2) is 33.8 Å². The molecule has 0 spiro atoms. The van der Waals surface area contributed by atoms with Gasteiger partial charge in [-0.15, -0.1) is 0 Å². The number of methoxy groups -OCH3 is 1. The molecule has 0 saturated heterocycles. The number of nitrogens with two attached hydrogens (primary N) is 1. The maximum atomic E-state index is 11.9. The molecule has 0 aromatic heterocycles. The first-order valence-electron chi connectivity index (χ1n) is 5.05. The van der Waals surface area contributed by atoms with E-state index in [0.717, 1.165) is 0 Å². The zero-order chi connectivity index (χ0) is 12.9. The van der Waals surface area contributed by atoms with E-state index in [2.05, 4.69) is 4.72 Å². The molecule has 17 heavy (non-hydrogen) atoms. The molecule has 96 valence electrons. The number of nitrogen functional groups attached to an aromatic ring is 1. The predicted molar refractivity (Wildman–Crippen MR) is 64.3 cm³/mol. The Kier molecular flexibility index (Phi) is 4.73. The fourth-order valence-corrected chi connectivity index (χ4v) is 2.54. The molecule has 0 unspecified atom stereocenters. The van der Waals surface area contributed by atoms with Crippen molar-refractivity contribution in [3.05, 3.63) is 18.2 Å². The van der Waals surface area contributed by atoms with Crippen molar-refractivity contribution in [2.75, 3.05) is 26.0 Å². The second-order valence-electron chi connectivity index (χ2n) is 3.39. The number of sulfonamides is 1. The summed E-state index contributed by atoms with van der Waals surface area (Å²) in [4.78, 5) is -0.00191. The van der Waals surface area contributed by atoms with Gasteiger partial charge in [-0.2, -0.15) is 0 Å². The van der Waals surface area contributed by atoms with Gasteiger partial charge in [0.1, 0.15) is 10.6 Å². The number of ether oxygens (including phenoxy) is 1. The van der Waals surface area contributed by atoms with Gasteiger partial charge in [-0.3, -0.25) is 0 Å². The van der Waals surface area contributed by atoms with Crippen LogP contribution in [0.15, 0.2) is 23.1 Å². The lowest BCUT2D eigenvalue weighted by atomic mass is 10.3. The number of rotatable bonds is 6. The Hall–Kier alpha value is -1.31. The molecule has 0 fully saturated rings. The predicted octanol–water partition coefficient (Wildman–Crippen LogP) is -0.0619. The van der Waals surface area contributed by atoms with Crippen molar-refractivity contribution in [1.82, 2.24) is 4.72 Å². The fourth-order valence-electron chi connectivity index (χ4n) is 1.27. The maximum Gasteiger partial charge on any atom is 0.244 e. The molecule has 1 aromatic rings. The summed E-state index contributed by atoms with van der Waals surface area (Å²) >= 11 is 0. The van der Waals surface area contributed by atoms with E-state index in [9.17, 15) is 8.42 Å². The first-order chi connectivity index (χ1) is 8.01. The van der Waals surface area contributed by atoms with Crippen molar-refractivity contribution >= 4 is 15.7 Å². The molecule has 0 aliphatic heterocycles. The highest BCUT2D eigenvalue weighted by Crippen LogP contribution is 2.25. The summed E-state index contributed by atoms with van der Waals surface area (Å²) in [5.74, 6) is 0.232. The Morgan fingerprint density at radius 3 is 2.76 bits per heavy atom. The Morgan fingerprint density at radius 1 is 1.47 bits per heavy atom. The molecular weight excluding hydrogens is 244 g/mol. The number of aliphatic hydroxyl groups is 1. The SMILES string of the molecule is COc1ccc(N)cc1S(=O)(=O)NCCCO. The summed E-state index contributed by atoms with van der Waals surface area (Å²) in [5.41, 5.74) is 5.89. The summed E-state index contributed by atoms with van der Waals surface area (Å²) in [6.07, 6.45) is 0.351. The van der Waals surface area contributed by atoms with Crippen LogP contribution in [0.25, 0.3) is 0 Å². The number of hydrogen-bond donors (Lipinski definition) is 3. The molecule has 4 N–H and O–H groups in total. The molecule has 0 amide bonds. The van der Waals surface area contributed by atoms with Crippen molar-refractivity contribution in [2.24, 2.45) is 0 Å². The second-order valence-corrected chi connectivity index (χ2v) is 5.12. The van der Waals surface area contributed by atoms with Crippen LogP contribution in [0.4, 0.5) is 5.69 Å². The fraction of sp³-hybridized carbons (Fsp3) is 0.400. The van der Waals surface area contributed by atoms with Gasteiger partial charge >= 0.3 is 0 Å². The van der Waals surface area contributed by atoms with Crippen LogP contribution in [0, 0.1) is 0 Å². The number of anilines is 1. The van der Waals surface area contributed by atoms with E-state index in [4.69, 9.17) is 15.6 Å².